The average molecular weight is 518 g/mol. The Morgan fingerprint density at radius 2 is 1.18 bits per heavy atom. The molecule has 2 rings (SSSR count). The molecule has 2 aromatic rings. The summed E-state index contributed by atoms with van der Waals surface area (Å²) in [6, 6.07) is 13.0. The zero-order chi connectivity index (χ0) is 28.0. The minimum absolute atomic E-state index is 0.154. The van der Waals surface area contributed by atoms with Crippen LogP contribution in [0.25, 0.3) is 12.2 Å². The van der Waals surface area contributed by atoms with Gasteiger partial charge in [-0.25, -0.2) is 4.79 Å². The Hall–Kier alpha value is -3.80. The minimum Gasteiger partial charge on any atom is -0.457 e. The van der Waals surface area contributed by atoms with Gasteiger partial charge in [-0.05, 0) is 50.5 Å². The maximum atomic E-state index is 12.7. The number of carbonyl (C=O) groups excluding carboxylic acids is 4. The number of unbranched alkanes of at least 4 members (excludes halogenated alkanes) is 5. The van der Waals surface area contributed by atoms with E-state index in [4.69, 9.17) is 4.74 Å². The lowest BCUT2D eigenvalue weighted by molar-refractivity contribution is -0.148. The fourth-order valence-electron chi connectivity index (χ4n) is 3.60. The molecule has 0 atom stereocenters. The Kier molecular flexibility index (Phi) is 12.4. The second-order valence-electron chi connectivity index (χ2n) is 10.2. The Morgan fingerprint density at radius 1 is 0.711 bits per heavy atom. The Balaban J connectivity index is 1.85. The van der Waals surface area contributed by atoms with Crippen molar-refractivity contribution in [2.45, 2.75) is 71.8 Å². The summed E-state index contributed by atoms with van der Waals surface area (Å²) >= 11 is 0. The number of hydrogen-bond acceptors (Lipinski definition) is 5. The third-order valence-corrected chi connectivity index (χ3v) is 5.63. The number of esters is 1. The maximum absolute atomic E-state index is 12.7. The SMILES string of the molecule is CCCCCCCCNC(=O)/C=C/c1ccc(C(=O)C(=O)c2ccc(/C=C/C(=O)OC(C)(C)C)cc2)cc1. The van der Waals surface area contributed by atoms with Gasteiger partial charge in [-0.1, -0.05) is 87.6 Å². The average Bonchev–Trinajstić information content (AvgIpc) is 2.89. The molecule has 6 nitrogen and oxygen atoms in total. The van der Waals surface area contributed by atoms with Crippen LogP contribution in [0.2, 0.25) is 0 Å². The molecule has 0 radical (unpaired) electrons. The van der Waals surface area contributed by atoms with Crippen molar-refractivity contribution in [3.05, 3.63) is 82.9 Å². The van der Waals surface area contributed by atoms with Gasteiger partial charge in [0.05, 0.1) is 0 Å². The number of rotatable bonds is 14. The van der Waals surface area contributed by atoms with Gasteiger partial charge in [-0.15, -0.1) is 0 Å². The first-order chi connectivity index (χ1) is 18.1. The van der Waals surface area contributed by atoms with E-state index >= 15 is 0 Å². The highest BCUT2D eigenvalue weighted by atomic mass is 16.6. The number of hydrogen-bond donors (Lipinski definition) is 1. The molecule has 1 amide bonds. The predicted octanol–water partition coefficient (Wildman–Crippen LogP) is 6.60. The van der Waals surface area contributed by atoms with Gasteiger partial charge in [-0.3, -0.25) is 14.4 Å². The van der Waals surface area contributed by atoms with Crippen LogP contribution in [0.1, 0.15) is 98.1 Å². The van der Waals surface area contributed by atoms with Gasteiger partial charge in [0.15, 0.2) is 0 Å². The Bertz CT molecular complexity index is 1140. The van der Waals surface area contributed by atoms with Crippen LogP contribution in [0.3, 0.4) is 0 Å². The lowest BCUT2D eigenvalue weighted by Gasteiger charge is -2.17. The van der Waals surface area contributed by atoms with E-state index in [0.717, 1.165) is 18.4 Å². The summed E-state index contributed by atoms with van der Waals surface area (Å²) < 4.78 is 5.22. The molecular formula is C32H39NO5. The van der Waals surface area contributed by atoms with Crippen molar-refractivity contribution in [2.24, 2.45) is 0 Å². The fraction of sp³-hybridized carbons (Fsp3) is 0.375. The van der Waals surface area contributed by atoms with Crippen LogP contribution in [0.15, 0.2) is 60.7 Å². The molecule has 202 valence electrons. The van der Waals surface area contributed by atoms with E-state index in [1.165, 1.54) is 37.8 Å². The molecular weight excluding hydrogens is 478 g/mol. The molecule has 0 saturated carbocycles. The third-order valence-electron chi connectivity index (χ3n) is 5.63. The van der Waals surface area contributed by atoms with Gasteiger partial charge in [0, 0.05) is 29.8 Å². The molecule has 1 N–H and O–H groups in total. The maximum Gasteiger partial charge on any atom is 0.331 e. The van der Waals surface area contributed by atoms with E-state index in [-0.39, 0.29) is 17.0 Å². The summed E-state index contributed by atoms with van der Waals surface area (Å²) in [5.41, 5.74) is 1.41. The van der Waals surface area contributed by atoms with Gasteiger partial charge in [0.1, 0.15) is 5.60 Å². The highest BCUT2D eigenvalue weighted by molar-refractivity contribution is 6.49. The summed E-state index contributed by atoms with van der Waals surface area (Å²) in [4.78, 5) is 49.2. The summed E-state index contributed by atoms with van der Waals surface area (Å²) in [6.45, 7) is 8.22. The molecule has 0 unspecified atom stereocenters. The normalized spacial score (nSPS) is 11.6. The summed E-state index contributed by atoms with van der Waals surface area (Å²) in [6.07, 6.45) is 13.1. The monoisotopic (exact) mass is 517 g/mol. The molecule has 0 bridgehead atoms. The third kappa shape index (κ3) is 11.5. The van der Waals surface area contributed by atoms with Crippen LogP contribution in [0.5, 0.6) is 0 Å². The second kappa shape index (κ2) is 15.5. The highest BCUT2D eigenvalue weighted by Gasteiger charge is 2.18. The van der Waals surface area contributed by atoms with Gasteiger partial charge < -0.3 is 10.1 Å². The van der Waals surface area contributed by atoms with Crippen LogP contribution in [0, 0.1) is 0 Å². The number of nitrogens with one attached hydrogen (secondary N) is 1. The molecule has 0 spiro atoms. The molecule has 0 fully saturated rings. The smallest absolute Gasteiger partial charge is 0.331 e. The molecule has 0 aliphatic rings. The first-order valence-electron chi connectivity index (χ1n) is 13.2. The molecule has 2 aromatic carbocycles. The van der Waals surface area contributed by atoms with Gasteiger partial charge in [0.25, 0.3) is 0 Å². The fourth-order valence-corrected chi connectivity index (χ4v) is 3.60. The van der Waals surface area contributed by atoms with E-state index in [2.05, 4.69) is 12.2 Å². The molecule has 0 heterocycles. The molecule has 0 aliphatic carbocycles. The van der Waals surface area contributed by atoms with E-state index in [1.807, 2.05) is 0 Å². The van der Waals surface area contributed by atoms with Crippen molar-refractivity contribution in [1.29, 1.82) is 0 Å². The molecule has 0 aliphatic heterocycles. The topological polar surface area (TPSA) is 89.5 Å². The zero-order valence-corrected chi connectivity index (χ0v) is 22.9. The minimum atomic E-state index is -0.620. The standard InChI is InChI=1S/C32H39NO5/c1-5-6-7-8-9-10-23-33-28(34)21-15-24-11-17-26(18-12-24)30(36)31(37)27-19-13-25(14-20-27)16-22-29(35)38-32(2,3)4/h11-22H,5-10,23H2,1-4H3,(H,33,34)/b21-15+,22-16+. The lowest BCUT2D eigenvalue weighted by Crippen LogP contribution is -2.22. The number of amides is 1. The number of Topliss-reactive ketones (excluding diaryl/α,β-unsaturated/α-hetero) is 2. The van der Waals surface area contributed by atoms with Crippen LogP contribution >= 0.6 is 0 Å². The number of carbonyl (C=O) groups is 4. The van der Waals surface area contributed by atoms with Crippen molar-refractivity contribution in [3.8, 4) is 0 Å². The summed E-state index contributed by atoms with van der Waals surface area (Å²) in [5, 5.41) is 2.88. The second-order valence-corrected chi connectivity index (χ2v) is 10.2. The Labute approximate surface area is 226 Å². The van der Waals surface area contributed by atoms with Crippen molar-refractivity contribution in [3.63, 3.8) is 0 Å². The van der Waals surface area contributed by atoms with Crippen LogP contribution in [-0.4, -0.2) is 35.6 Å². The molecule has 0 aromatic heterocycles. The highest BCUT2D eigenvalue weighted by Crippen LogP contribution is 2.14. The summed E-state index contributed by atoms with van der Waals surface area (Å²) in [5.74, 6) is -1.85. The molecule has 6 heteroatoms. The first-order valence-corrected chi connectivity index (χ1v) is 13.2. The van der Waals surface area contributed by atoms with E-state index in [0.29, 0.717) is 12.1 Å². The summed E-state index contributed by atoms with van der Waals surface area (Å²) in [7, 11) is 0. The van der Waals surface area contributed by atoms with Crippen LogP contribution in [0.4, 0.5) is 0 Å². The van der Waals surface area contributed by atoms with E-state index in [9.17, 15) is 19.2 Å². The van der Waals surface area contributed by atoms with E-state index < -0.39 is 23.1 Å². The van der Waals surface area contributed by atoms with Crippen molar-refractivity contribution >= 4 is 35.6 Å². The van der Waals surface area contributed by atoms with Crippen molar-refractivity contribution in [1.82, 2.24) is 5.32 Å². The van der Waals surface area contributed by atoms with Gasteiger partial charge in [0.2, 0.25) is 17.5 Å². The largest absolute Gasteiger partial charge is 0.457 e. The van der Waals surface area contributed by atoms with Crippen molar-refractivity contribution in [2.75, 3.05) is 6.54 Å². The number of ether oxygens (including phenoxy) is 1. The zero-order valence-electron chi connectivity index (χ0n) is 22.9. The van der Waals surface area contributed by atoms with Crippen LogP contribution < -0.4 is 5.32 Å². The lowest BCUT2D eigenvalue weighted by atomic mass is 9.99. The van der Waals surface area contributed by atoms with Crippen molar-refractivity contribution < 1.29 is 23.9 Å². The number of ketones is 2. The van der Waals surface area contributed by atoms with Gasteiger partial charge >= 0.3 is 5.97 Å². The van der Waals surface area contributed by atoms with Gasteiger partial charge in [-0.2, -0.15) is 0 Å². The predicted molar refractivity (Wildman–Crippen MR) is 152 cm³/mol. The quantitative estimate of drug-likeness (QED) is 0.100. The van der Waals surface area contributed by atoms with Crippen LogP contribution in [-0.2, 0) is 14.3 Å². The Morgan fingerprint density at radius 3 is 1.68 bits per heavy atom. The first kappa shape index (κ1) is 30.4. The molecule has 0 saturated heterocycles. The van der Waals surface area contributed by atoms with E-state index in [1.54, 1.807) is 81.5 Å². The number of benzene rings is 2. The molecule has 38 heavy (non-hydrogen) atoms.